The zero-order valence-electron chi connectivity index (χ0n) is 15.5. The quantitative estimate of drug-likeness (QED) is 0.791. The minimum atomic E-state index is 0.409. The standard InChI is InChI=1S/C20H35N3O/c1-21-15-16-7-5-13-23-14-6-8-17(20(16)23)18(21)9-4-10-19(24)22-11-2-3-12-22/h16-18,20H,2-15H2,1H3/t16-,17+,18+,20-/m0/s1. The van der Waals surface area contributed by atoms with Crippen LogP contribution in [-0.4, -0.2) is 72.5 Å². The molecule has 0 aromatic heterocycles. The van der Waals surface area contributed by atoms with Crippen LogP contribution in [0.25, 0.3) is 0 Å². The molecular weight excluding hydrogens is 298 g/mol. The predicted molar refractivity (Wildman–Crippen MR) is 96.9 cm³/mol. The molecule has 4 heterocycles. The molecule has 24 heavy (non-hydrogen) atoms. The van der Waals surface area contributed by atoms with Gasteiger partial charge in [0.1, 0.15) is 0 Å². The number of nitrogens with zero attached hydrogens (tertiary/aromatic N) is 3. The Hall–Kier alpha value is -0.610. The van der Waals surface area contributed by atoms with E-state index in [2.05, 4.69) is 21.7 Å². The van der Waals surface area contributed by atoms with Crippen molar-refractivity contribution in [3.63, 3.8) is 0 Å². The summed E-state index contributed by atoms with van der Waals surface area (Å²) in [6.45, 7) is 5.96. The summed E-state index contributed by atoms with van der Waals surface area (Å²) in [6, 6.07) is 1.56. The van der Waals surface area contributed by atoms with Crippen molar-refractivity contribution in [3.8, 4) is 0 Å². The Kier molecular flexibility index (Phi) is 5.14. The van der Waals surface area contributed by atoms with Gasteiger partial charge in [0.25, 0.3) is 0 Å². The van der Waals surface area contributed by atoms with Crippen LogP contribution >= 0.6 is 0 Å². The predicted octanol–water partition coefficient (Wildman–Crippen LogP) is 2.58. The second-order valence-corrected chi connectivity index (χ2v) is 8.72. The van der Waals surface area contributed by atoms with E-state index in [-0.39, 0.29) is 0 Å². The third kappa shape index (κ3) is 3.24. The average molecular weight is 334 g/mol. The van der Waals surface area contributed by atoms with Crippen LogP contribution < -0.4 is 0 Å². The third-order valence-electron chi connectivity index (χ3n) is 7.28. The molecule has 4 aliphatic rings. The van der Waals surface area contributed by atoms with Gasteiger partial charge >= 0.3 is 0 Å². The zero-order chi connectivity index (χ0) is 16.5. The molecule has 4 aliphatic heterocycles. The van der Waals surface area contributed by atoms with E-state index in [0.717, 1.165) is 43.8 Å². The molecule has 1 amide bonds. The molecule has 0 N–H and O–H groups in total. The van der Waals surface area contributed by atoms with Crippen molar-refractivity contribution < 1.29 is 4.79 Å². The highest BCUT2D eigenvalue weighted by Gasteiger charge is 2.47. The maximum Gasteiger partial charge on any atom is 0.222 e. The maximum atomic E-state index is 12.3. The van der Waals surface area contributed by atoms with Gasteiger partial charge < -0.3 is 9.80 Å². The number of carbonyl (C=O) groups excluding carboxylic acids is 1. The normalized spacial score (nSPS) is 37.5. The van der Waals surface area contributed by atoms with Gasteiger partial charge in [0.2, 0.25) is 5.91 Å². The highest BCUT2D eigenvalue weighted by Crippen LogP contribution is 2.42. The summed E-state index contributed by atoms with van der Waals surface area (Å²) in [5.74, 6) is 2.16. The Balaban J connectivity index is 1.34. The number of hydrogen-bond donors (Lipinski definition) is 0. The Morgan fingerprint density at radius 3 is 2.54 bits per heavy atom. The van der Waals surface area contributed by atoms with Crippen LogP contribution in [0.1, 0.15) is 57.8 Å². The van der Waals surface area contributed by atoms with Crippen LogP contribution in [0, 0.1) is 11.8 Å². The fourth-order valence-corrected chi connectivity index (χ4v) is 6.23. The molecule has 0 aliphatic carbocycles. The fraction of sp³-hybridized carbons (Fsp3) is 0.950. The van der Waals surface area contributed by atoms with Crippen LogP contribution in [0.3, 0.4) is 0 Å². The van der Waals surface area contributed by atoms with Crippen molar-refractivity contribution in [2.24, 2.45) is 11.8 Å². The summed E-state index contributed by atoms with van der Waals surface area (Å²) >= 11 is 0. The largest absolute Gasteiger partial charge is 0.343 e. The molecule has 136 valence electrons. The molecule has 0 saturated carbocycles. The van der Waals surface area contributed by atoms with Gasteiger partial charge in [-0.2, -0.15) is 0 Å². The van der Waals surface area contributed by atoms with Crippen LogP contribution in [-0.2, 0) is 4.79 Å². The number of piperidine rings is 3. The van der Waals surface area contributed by atoms with Crippen molar-refractivity contribution in [3.05, 3.63) is 0 Å². The minimum Gasteiger partial charge on any atom is -0.343 e. The summed E-state index contributed by atoms with van der Waals surface area (Å²) in [5.41, 5.74) is 0. The average Bonchev–Trinajstić information content (AvgIpc) is 3.12. The smallest absolute Gasteiger partial charge is 0.222 e. The lowest BCUT2D eigenvalue weighted by molar-refractivity contribution is -0.130. The molecule has 4 heteroatoms. The minimum absolute atomic E-state index is 0.409. The second-order valence-electron chi connectivity index (χ2n) is 8.72. The number of carbonyl (C=O) groups is 1. The first-order valence-corrected chi connectivity index (χ1v) is 10.5. The van der Waals surface area contributed by atoms with Gasteiger partial charge in [0.15, 0.2) is 0 Å². The van der Waals surface area contributed by atoms with E-state index in [1.165, 1.54) is 64.6 Å². The van der Waals surface area contributed by atoms with Crippen LogP contribution in [0.5, 0.6) is 0 Å². The van der Waals surface area contributed by atoms with Gasteiger partial charge in [0, 0.05) is 38.1 Å². The molecule has 4 fully saturated rings. The lowest BCUT2D eigenvalue weighted by Gasteiger charge is -2.57. The maximum absolute atomic E-state index is 12.3. The van der Waals surface area contributed by atoms with Crippen molar-refractivity contribution in [1.82, 2.24) is 14.7 Å². The van der Waals surface area contributed by atoms with Gasteiger partial charge in [-0.15, -0.1) is 0 Å². The van der Waals surface area contributed by atoms with E-state index in [1.807, 2.05) is 0 Å². The summed E-state index contributed by atoms with van der Waals surface area (Å²) in [4.78, 5) is 19.9. The van der Waals surface area contributed by atoms with E-state index >= 15 is 0 Å². The monoisotopic (exact) mass is 333 g/mol. The van der Waals surface area contributed by atoms with Gasteiger partial charge in [-0.05, 0) is 83.3 Å². The van der Waals surface area contributed by atoms with E-state index in [9.17, 15) is 4.79 Å². The molecule has 0 unspecified atom stereocenters. The SMILES string of the molecule is CN1C[C@@H]2CCCN3CCC[C@@H]([C@H]23)[C@H]1CCCC(=O)N1CCCC1. The highest BCUT2D eigenvalue weighted by molar-refractivity contribution is 5.76. The van der Waals surface area contributed by atoms with Gasteiger partial charge in [-0.3, -0.25) is 9.69 Å². The topological polar surface area (TPSA) is 26.8 Å². The first-order valence-electron chi connectivity index (χ1n) is 10.5. The lowest BCUT2D eigenvalue weighted by atomic mass is 9.69. The molecule has 0 bridgehead atoms. The zero-order valence-corrected chi connectivity index (χ0v) is 15.5. The Bertz CT molecular complexity index is 446. The van der Waals surface area contributed by atoms with Crippen LogP contribution in [0.4, 0.5) is 0 Å². The van der Waals surface area contributed by atoms with Crippen LogP contribution in [0.15, 0.2) is 0 Å². The van der Waals surface area contributed by atoms with E-state index < -0.39 is 0 Å². The van der Waals surface area contributed by atoms with Crippen molar-refractivity contribution >= 4 is 5.91 Å². The van der Waals surface area contributed by atoms with Crippen molar-refractivity contribution in [2.45, 2.75) is 69.9 Å². The summed E-state index contributed by atoms with van der Waals surface area (Å²) in [6.07, 6.45) is 11.1. The first kappa shape index (κ1) is 16.8. The van der Waals surface area contributed by atoms with E-state index in [4.69, 9.17) is 0 Å². The molecule has 4 nitrogen and oxygen atoms in total. The number of hydrogen-bond acceptors (Lipinski definition) is 3. The van der Waals surface area contributed by atoms with Gasteiger partial charge in [0.05, 0.1) is 0 Å². The molecule has 4 saturated heterocycles. The summed E-state index contributed by atoms with van der Waals surface area (Å²) < 4.78 is 0. The lowest BCUT2D eigenvalue weighted by Crippen LogP contribution is -2.63. The molecule has 0 radical (unpaired) electrons. The molecule has 0 aromatic carbocycles. The number of amides is 1. The summed E-state index contributed by atoms with van der Waals surface area (Å²) in [7, 11) is 2.34. The van der Waals surface area contributed by atoms with E-state index in [0.29, 0.717) is 11.9 Å². The fourth-order valence-electron chi connectivity index (χ4n) is 6.23. The van der Waals surface area contributed by atoms with Gasteiger partial charge in [-0.25, -0.2) is 0 Å². The number of rotatable bonds is 4. The van der Waals surface area contributed by atoms with Crippen LogP contribution in [0.2, 0.25) is 0 Å². The van der Waals surface area contributed by atoms with Crippen molar-refractivity contribution in [2.75, 3.05) is 39.8 Å². The molecule has 4 atom stereocenters. The first-order chi connectivity index (χ1) is 11.7. The molecule has 4 rings (SSSR count). The van der Waals surface area contributed by atoms with Gasteiger partial charge in [-0.1, -0.05) is 0 Å². The Labute approximate surface area is 147 Å². The number of likely N-dealkylation sites (tertiary alicyclic amines) is 2. The Morgan fingerprint density at radius 2 is 1.75 bits per heavy atom. The Morgan fingerprint density at radius 1 is 1.00 bits per heavy atom. The third-order valence-corrected chi connectivity index (χ3v) is 7.28. The summed E-state index contributed by atoms with van der Waals surface area (Å²) in [5, 5.41) is 0. The van der Waals surface area contributed by atoms with Crippen molar-refractivity contribution in [1.29, 1.82) is 0 Å². The highest BCUT2D eigenvalue weighted by atomic mass is 16.2. The van der Waals surface area contributed by atoms with E-state index in [1.54, 1.807) is 0 Å². The molecule has 0 spiro atoms. The molecule has 0 aromatic rings. The second kappa shape index (κ2) is 7.33. The molecular formula is C20H35N3O.